The standard InChI is InChI=1S/C20H20N2O2/c1-24-18-11-9-17(10-12-18)21-20(23)19(22-13-5-6-14-22)15-16-7-3-2-4-8-16/h2-14,19H,15H2,1H3,(H,21,23)/t19-/m1/s1. The van der Waals surface area contributed by atoms with Crippen LogP contribution in [0, 0.1) is 0 Å². The van der Waals surface area contributed by atoms with Crippen molar-refractivity contribution < 1.29 is 9.53 Å². The molecule has 122 valence electrons. The Balaban J connectivity index is 1.78. The quantitative estimate of drug-likeness (QED) is 0.748. The van der Waals surface area contributed by atoms with E-state index in [9.17, 15) is 4.79 Å². The van der Waals surface area contributed by atoms with E-state index in [0.29, 0.717) is 6.42 Å². The Morgan fingerprint density at radius 1 is 1.00 bits per heavy atom. The number of aromatic nitrogens is 1. The summed E-state index contributed by atoms with van der Waals surface area (Å²) in [6.07, 6.45) is 4.47. The molecular formula is C20H20N2O2. The zero-order valence-electron chi connectivity index (χ0n) is 13.6. The summed E-state index contributed by atoms with van der Waals surface area (Å²) in [7, 11) is 1.62. The molecule has 0 aliphatic carbocycles. The van der Waals surface area contributed by atoms with Crippen LogP contribution in [0.3, 0.4) is 0 Å². The third kappa shape index (κ3) is 3.84. The summed E-state index contributed by atoms with van der Waals surface area (Å²) in [6, 6.07) is 20.9. The number of nitrogens with one attached hydrogen (secondary N) is 1. The molecule has 3 rings (SSSR count). The van der Waals surface area contributed by atoms with E-state index in [2.05, 4.69) is 5.32 Å². The molecule has 4 nitrogen and oxygen atoms in total. The third-order valence-electron chi connectivity index (χ3n) is 3.92. The predicted octanol–water partition coefficient (Wildman–Crippen LogP) is 3.92. The Bertz CT molecular complexity index is 765. The second-order valence-electron chi connectivity index (χ2n) is 5.55. The van der Waals surface area contributed by atoms with Crippen LogP contribution >= 0.6 is 0 Å². The Labute approximate surface area is 141 Å². The molecule has 0 radical (unpaired) electrons. The summed E-state index contributed by atoms with van der Waals surface area (Å²) in [4.78, 5) is 12.8. The fourth-order valence-corrected chi connectivity index (χ4v) is 2.63. The van der Waals surface area contributed by atoms with E-state index in [1.165, 1.54) is 0 Å². The maximum atomic E-state index is 12.8. The lowest BCUT2D eigenvalue weighted by Crippen LogP contribution is -2.27. The highest BCUT2D eigenvalue weighted by Crippen LogP contribution is 2.20. The zero-order valence-corrected chi connectivity index (χ0v) is 13.6. The average Bonchev–Trinajstić information content (AvgIpc) is 3.15. The van der Waals surface area contributed by atoms with E-state index in [-0.39, 0.29) is 11.9 Å². The Morgan fingerprint density at radius 2 is 1.67 bits per heavy atom. The fourth-order valence-electron chi connectivity index (χ4n) is 2.63. The molecule has 1 heterocycles. The Morgan fingerprint density at radius 3 is 2.29 bits per heavy atom. The van der Waals surface area contributed by atoms with Gasteiger partial charge in [-0.1, -0.05) is 30.3 Å². The number of hydrogen-bond donors (Lipinski definition) is 1. The molecule has 4 heteroatoms. The second kappa shape index (κ2) is 7.51. The number of nitrogens with zero attached hydrogens (tertiary/aromatic N) is 1. The Hall–Kier alpha value is -3.01. The number of methoxy groups -OCH3 is 1. The highest BCUT2D eigenvalue weighted by atomic mass is 16.5. The van der Waals surface area contributed by atoms with Crippen molar-refractivity contribution in [2.45, 2.75) is 12.5 Å². The molecule has 0 unspecified atom stereocenters. The molecule has 0 aliphatic rings. The summed E-state index contributed by atoms with van der Waals surface area (Å²) in [5, 5.41) is 2.99. The van der Waals surface area contributed by atoms with E-state index in [1.807, 2.05) is 83.7 Å². The minimum Gasteiger partial charge on any atom is -0.497 e. The van der Waals surface area contributed by atoms with E-state index in [0.717, 1.165) is 17.0 Å². The number of amides is 1. The lowest BCUT2D eigenvalue weighted by Gasteiger charge is -2.19. The van der Waals surface area contributed by atoms with Crippen molar-refractivity contribution in [1.29, 1.82) is 0 Å². The van der Waals surface area contributed by atoms with Crippen molar-refractivity contribution in [3.8, 4) is 5.75 Å². The fraction of sp³-hybridized carbons (Fsp3) is 0.150. The summed E-state index contributed by atoms with van der Waals surface area (Å²) in [5.74, 6) is 0.722. The number of carbonyl (C=O) groups excluding carboxylic acids is 1. The van der Waals surface area contributed by atoms with Crippen molar-refractivity contribution in [3.05, 3.63) is 84.7 Å². The lowest BCUT2D eigenvalue weighted by molar-refractivity contribution is -0.119. The molecule has 0 fully saturated rings. The van der Waals surface area contributed by atoms with Crippen LogP contribution in [-0.2, 0) is 11.2 Å². The van der Waals surface area contributed by atoms with Crippen molar-refractivity contribution in [2.75, 3.05) is 12.4 Å². The minimum absolute atomic E-state index is 0.0415. The number of benzene rings is 2. The van der Waals surface area contributed by atoms with Crippen molar-refractivity contribution in [3.63, 3.8) is 0 Å². The van der Waals surface area contributed by atoms with Crippen molar-refractivity contribution in [2.24, 2.45) is 0 Å². The molecule has 3 aromatic rings. The van der Waals surface area contributed by atoms with Gasteiger partial charge in [-0.25, -0.2) is 0 Å². The van der Waals surface area contributed by atoms with Crippen LogP contribution < -0.4 is 10.1 Å². The summed E-state index contributed by atoms with van der Waals surface area (Å²) in [5.41, 5.74) is 1.88. The van der Waals surface area contributed by atoms with Crippen molar-refractivity contribution >= 4 is 11.6 Å². The molecule has 0 saturated heterocycles. The number of carbonyl (C=O) groups is 1. The molecule has 1 amide bonds. The van der Waals surface area contributed by atoms with Gasteiger partial charge in [-0.05, 0) is 42.0 Å². The molecule has 2 aromatic carbocycles. The first-order chi connectivity index (χ1) is 11.8. The average molecular weight is 320 g/mol. The molecule has 0 saturated carbocycles. The first-order valence-electron chi connectivity index (χ1n) is 7.87. The maximum Gasteiger partial charge on any atom is 0.247 e. The Kier molecular flexibility index (Phi) is 4.96. The van der Waals surface area contributed by atoms with E-state index < -0.39 is 0 Å². The second-order valence-corrected chi connectivity index (χ2v) is 5.55. The summed E-state index contributed by atoms with van der Waals surface area (Å²) < 4.78 is 7.08. The van der Waals surface area contributed by atoms with Crippen LogP contribution in [0.25, 0.3) is 0 Å². The summed E-state index contributed by atoms with van der Waals surface area (Å²) in [6.45, 7) is 0. The van der Waals surface area contributed by atoms with Gasteiger partial charge in [0.2, 0.25) is 5.91 Å². The predicted molar refractivity (Wildman–Crippen MR) is 95.2 cm³/mol. The zero-order chi connectivity index (χ0) is 16.8. The number of rotatable bonds is 6. The molecule has 1 N–H and O–H groups in total. The minimum atomic E-state index is -0.301. The van der Waals surface area contributed by atoms with E-state index in [4.69, 9.17) is 4.74 Å². The van der Waals surface area contributed by atoms with Gasteiger partial charge in [-0.3, -0.25) is 4.79 Å². The number of anilines is 1. The van der Waals surface area contributed by atoms with Crippen LogP contribution in [-0.4, -0.2) is 17.6 Å². The van der Waals surface area contributed by atoms with Gasteiger partial charge in [0.15, 0.2) is 0 Å². The van der Waals surface area contributed by atoms with E-state index >= 15 is 0 Å². The largest absolute Gasteiger partial charge is 0.497 e. The topological polar surface area (TPSA) is 43.3 Å². The lowest BCUT2D eigenvalue weighted by atomic mass is 10.0. The first kappa shape index (κ1) is 15.9. The van der Waals surface area contributed by atoms with Crippen LogP contribution in [0.1, 0.15) is 11.6 Å². The molecule has 0 spiro atoms. The van der Waals surface area contributed by atoms with Crippen LogP contribution in [0.5, 0.6) is 5.75 Å². The van der Waals surface area contributed by atoms with Gasteiger partial charge >= 0.3 is 0 Å². The molecule has 1 aromatic heterocycles. The number of hydrogen-bond acceptors (Lipinski definition) is 2. The molecule has 0 bridgehead atoms. The highest BCUT2D eigenvalue weighted by Gasteiger charge is 2.20. The molecule has 24 heavy (non-hydrogen) atoms. The molecular weight excluding hydrogens is 300 g/mol. The van der Waals surface area contributed by atoms with Gasteiger partial charge in [0.1, 0.15) is 11.8 Å². The van der Waals surface area contributed by atoms with Gasteiger partial charge in [0.05, 0.1) is 7.11 Å². The van der Waals surface area contributed by atoms with Gasteiger partial charge in [-0.2, -0.15) is 0 Å². The van der Waals surface area contributed by atoms with Crippen LogP contribution in [0.2, 0.25) is 0 Å². The molecule has 0 aliphatic heterocycles. The molecule has 1 atom stereocenters. The van der Waals surface area contributed by atoms with Crippen molar-refractivity contribution in [1.82, 2.24) is 4.57 Å². The summed E-state index contributed by atoms with van der Waals surface area (Å²) >= 11 is 0. The number of ether oxygens (including phenoxy) is 1. The monoisotopic (exact) mass is 320 g/mol. The van der Waals surface area contributed by atoms with Gasteiger partial charge in [0.25, 0.3) is 0 Å². The SMILES string of the molecule is COc1ccc(NC(=O)[C@@H](Cc2ccccc2)n2cccc2)cc1. The first-order valence-corrected chi connectivity index (χ1v) is 7.87. The normalized spacial score (nSPS) is 11.7. The third-order valence-corrected chi connectivity index (χ3v) is 3.92. The smallest absolute Gasteiger partial charge is 0.247 e. The van der Waals surface area contributed by atoms with Gasteiger partial charge in [-0.15, -0.1) is 0 Å². The van der Waals surface area contributed by atoms with Crippen LogP contribution in [0.15, 0.2) is 79.1 Å². The maximum absolute atomic E-state index is 12.8. The van der Waals surface area contributed by atoms with Gasteiger partial charge < -0.3 is 14.6 Å². The van der Waals surface area contributed by atoms with Gasteiger partial charge in [0, 0.05) is 24.5 Å². The highest BCUT2D eigenvalue weighted by molar-refractivity contribution is 5.94. The van der Waals surface area contributed by atoms with E-state index in [1.54, 1.807) is 7.11 Å². The van der Waals surface area contributed by atoms with Crippen LogP contribution in [0.4, 0.5) is 5.69 Å².